The van der Waals surface area contributed by atoms with Crippen LogP contribution >= 0.6 is 11.6 Å². The van der Waals surface area contributed by atoms with Crippen LogP contribution in [-0.4, -0.2) is 46.9 Å². The smallest absolute Gasteiger partial charge is 0.410 e. The third-order valence-corrected chi connectivity index (χ3v) is 4.87. The van der Waals surface area contributed by atoms with Crippen LogP contribution in [0.25, 0.3) is 0 Å². The van der Waals surface area contributed by atoms with E-state index in [4.69, 9.17) is 22.1 Å². The maximum absolute atomic E-state index is 12.2. The summed E-state index contributed by atoms with van der Waals surface area (Å²) in [5.41, 5.74) is 7.86. The largest absolute Gasteiger partial charge is 0.444 e. The van der Waals surface area contributed by atoms with E-state index in [2.05, 4.69) is 10.3 Å². The Kier molecular flexibility index (Phi) is 5.03. The summed E-state index contributed by atoms with van der Waals surface area (Å²) in [7, 11) is 0. The number of ether oxygens (including phenoxy) is 1. The van der Waals surface area contributed by atoms with Crippen LogP contribution in [0.2, 0.25) is 5.02 Å². The molecule has 0 aliphatic carbocycles. The van der Waals surface area contributed by atoms with Crippen molar-refractivity contribution in [2.75, 3.05) is 18.4 Å². The molecule has 7 nitrogen and oxygen atoms in total. The Bertz CT molecular complexity index is 745. The van der Waals surface area contributed by atoms with Crippen molar-refractivity contribution in [3.8, 4) is 0 Å². The van der Waals surface area contributed by atoms with Crippen molar-refractivity contribution in [3.05, 3.63) is 28.3 Å². The molecule has 0 radical (unpaired) electrons. The van der Waals surface area contributed by atoms with Gasteiger partial charge in [-0.25, -0.2) is 9.79 Å². The van der Waals surface area contributed by atoms with Crippen molar-refractivity contribution < 1.29 is 14.6 Å². The summed E-state index contributed by atoms with van der Waals surface area (Å²) < 4.78 is 5.39. The molecule has 0 unspecified atom stereocenters. The summed E-state index contributed by atoms with van der Waals surface area (Å²) in [5.74, 6) is 0.208. The summed E-state index contributed by atoms with van der Waals surface area (Å²) >= 11 is 6.46. The van der Waals surface area contributed by atoms with Crippen molar-refractivity contribution in [3.63, 3.8) is 0 Å². The second-order valence-corrected chi connectivity index (χ2v) is 8.15. The van der Waals surface area contributed by atoms with Crippen molar-refractivity contribution in [1.29, 1.82) is 0 Å². The highest BCUT2D eigenvalue weighted by Gasteiger charge is 2.34. The minimum absolute atomic E-state index is 0.159. The maximum atomic E-state index is 12.2. The Labute approximate surface area is 158 Å². The highest BCUT2D eigenvalue weighted by molar-refractivity contribution is 6.31. The number of β-amino-alcohol motifs (C(OH)–C–C–N with tert-alkyl or cyclic N) is 1. The number of aliphatic hydroxyl groups excluding tert-OH is 1. The van der Waals surface area contributed by atoms with Crippen LogP contribution in [0.4, 0.5) is 10.5 Å². The van der Waals surface area contributed by atoms with Gasteiger partial charge in [-0.05, 0) is 50.5 Å². The van der Waals surface area contributed by atoms with Gasteiger partial charge in [-0.3, -0.25) is 0 Å². The second kappa shape index (κ2) is 6.96. The number of anilines is 1. The van der Waals surface area contributed by atoms with Gasteiger partial charge in [-0.1, -0.05) is 11.6 Å². The Hall–Kier alpha value is -1.99. The number of aliphatic hydroxyl groups is 1. The summed E-state index contributed by atoms with van der Waals surface area (Å²) in [6.07, 6.45) is -0.527. The third-order valence-electron chi connectivity index (χ3n) is 4.54. The molecular formula is C18H25ClN4O3. The topological polar surface area (TPSA) is 100 Å². The number of aliphatic imine (C=N–C) groups is 1. The van der Waals surface area contributed by atoms with E-state index < -0.39 is 17.8 Å². The Morgan fingerprint density at radius 2 is 2.19 bits per heavy atom. The van der Waals surface area contributed by atoms with Crippen LogP contribution in [0.5, 0.6) is 0 Å². The minimum atomic E-state index is -0.721. The Morgan fingerprint density at radius 3 is 2.85 bits per heavy atom. The van der Waals surface area contributed by atoms with E-state index in [-0.39, 0.29) is 12.5 Å². The number of likely N-dealkylation sites (tertiary alicyclic amines) is 1. The minimum Gasteiger partial charge on any atom is -0.444 e. The van der Waals surface area contributed by atoms with Crippen molar-refractivity contribution >= 4 is 29.3 Å². The molecule has 1 fully saturated rings. The van der Waals surface area contributed by atoms with Gasteiger partial charge in [0, 0.05) is 23.2 Å². The average molecular weight is 381 g/mol. The Morgan fingerprint density at radius 1 is 1.46 bits per heavy atom. The number of halogens is 1. The van der Waals surface area contributed by atoms with Crippen LogP contribution in [-0.2, 0) is 11.3 Å². The first-order valence-electron chi connectivity index (χ1n) is 8.69. The summed E-state index contributed by atoms with van der Waals surface area (Å²) in [6, 6.07) is 3.79. The number of piperidine rings is 1. The highest BCUT2D eigenvalue weighted by atomic mass is 35.5. The van der Waals surface area contributed by atoms with E-state index in [1.807, 2.05) is 32.9 Å². The molecule has 26 heavy (non-hydrogen) atoms. The van der Waals surface area contributed by atoms with Crippen molar-refractivity contribution in [1.82, 2.24) is 4.90 Å². The fourth-order valence-electron chi connectivity index (χ4n) is 3.30. The van der Waals surface area contributed by atoms with Crippen molar-refractivity contribution in [2.24, 2.45) is 10.7 Å². The van der Waals surface area contributed by atoms with E-state index in [1.54, 1.807) is 4.90 Å². The van der Waals surface area contributed by atoms with Crippen LogP contribution < -0.4 is 11.1 Å². The average Bonchev–Trinajstić information content (AvgIpc) is 2.53. The van der Waals surface area contributed by atoms with Gasteiger partial charge in [-0.15, -0.1) is 0 Å². The number of carbonyl (C=O) groups excluding carboxylic acids is 1. The molecule has 0 aromatic heterocycles. The summed E-state index contributed by atoms with van der Waals surface area (Å²) in [6.45, 7) is 6.66. The van der Waals surface area contributed by atoms with Gasteiger partial charge in [0.1, 0.15) is 5.60 Å². The van der Waals surface area contributed by atoms with E-state index in [0.717, 1.165) is 16.8 Å². The van der Waals surface area contributed by atoms with Crippen LogP contribution in [0.1, 0.15) is 44.2 Å². The van der Waals surface area contributed by atoms with Gasteiger partial charge in [0.2, 0.25) is 0 Å². The molecule has 1 saturated heterocycles. The number of rotatable bonds is 1. The van der Waals surface area contributed by atoms with Gasteiger partial charge < -0.3 is 25.8 Å². The number of carbonyl (C=O) groups is 1. The number of guanidine groups is 1. The highest BCUT2D eigenvalue weighted by Crippen LogP contribution is 2.37. The fourth-order valence-corrected chi connectivity index (χ4v) is 3.62. The molecule has 2 aliphatic heterocycles. The zero-order valence-corrected chi connectivity index (χ0v) is 16.0. The molecule has 0 bridgehead atoms. The quantitative estimate of drug-likeness (QED) is 0.695. The summed E-state index contributed by atoms with van der Waals surface area (Å²) in [5, 5.41) is 14.3. The third kappa shape index (κ3) is 4.04. The van der Waals surface area contributed by atoms with Crippen molar-refractivity contribution in [2.45, 2.75) is 51.4 Å². The van der Waals surface area contributed by atoms with E-state index >= 15 is 0 Å². The van der Waals surface area contributed by atoms with Crippen LogP contribution in [0, 0.1) is 0 Å². The van der Waals surface area contributed by atoms with Gasteiger partial charge >= 0.3 is 6.09 Å². The molecule has 4 N–H and O–H groups in total. The lowest BCUT2D eigenvalue weighted by Gasteiger charge is -2.37. The number of amides is 1. The SMILES string of the molecule is CC(C)(C)OC(=O)N1CC[C@H](c2cc3c(cc2Cl)CN=C(N)N3)[C@@H](O)C1. The molecule has 0 saturated carbocycles. The normalized spacial score (nSPS) is 23.0. The predicted octanol–water partition coefficient (Wildman–Crippen LogP) is 2.67. The van der Waals surface area contributed by atoms with Gasteiger partial charge in [0.15, 0.2) is 5.96 Å². The molecule has 142 valence electrons. The first-order chi connectivity index (χ1) is 12.1. The van der Waals surface area contributed by atoms with Gasteiger partial charge in [-0.2, -0.15) is 0 Å². The number of hydrogen-bond donors (Lipinski definition) is 3. The monoisotopic (exact) mass is 380 g/mol. The molecular weight excluding hydrogens is 356 g/mol. The standard InChI is InChI=1S/C18H25ClN4O3/c1-18(2,3)26-17(25)23-5-4-11(15(24)9-23)12-7-14-10(6-13(12)19)8-21-16(20)22-14/h6-7,11,15,24H,4-5,8-9H2,1-3H3,(H3,20,21,22)/t11-,15+/m1/s1. The van der Waals surface area contributed by atoms with E-state index in [9.17, 15) is 9.90 Å². The molecule has 8 heteroatoms. The first kappa shape index (κ1) is 18.8. The summed E-state index contributed by atoms with van der Waals surface area (Å²) in [4.78, 5) is 17.9. The van der Waals surface area contributed by atoms with E-state index in [0.29, 0.717) is 30.5 Å². The van der Waals surface area contributed by atoms with Gasteiger partial charge in [0.25, 0.3) is 0 Å². The molecule has 1 aromatic carbocycles. The number of fused-ring (bicyclic) bond motifs is 1. The molecule has 2 heterocycles. The molecule has 1 aromatic rings. The maximum Gasteiger partial charge on any atom is 0.410 e. The fraction of sp³-hybridized carbons (Fsp3) is 0.556. The van der Waals surface area contributed by atoms with Crippen LogP contribution in [0.15, 0.2) is 17.1 Å². The Balaban J connectivity index is 1.74. The first-order valence-corrected chi connectivity index (χ1v) is 9.07. The lowest BCUT2D eigenvalue weighted by Crippen LogP contribution is -2.47. The zero-order chi connectivity index (χ0) is 19.1. The van der Waals surface area contributed by atoms with Crippen LogP contribution in [0.3, 0.4) is 0 Å². The number of hydrogen-bond acceptors (Lipinski definition) is 6. The molecule has 2 atom stereocenters. The second-order valence-electron chi connectivity index (χ2n) is 7.75. The zero-order valence-electron chi connectivity index (χ0n) is 15.3. The lowest BCUT2D eigenvalue weighted by atomic mass is 9.86. The number of nitrogens with zero attached hydrogens (tertiary/aromatic N) is 2. The number of benzene rings is 1. The molecule has 3 rings (SSSR count). The molecule has 0 spiro atoms. The molecule has 2 aliphatic rings. The van der Waals surface area contributed by atoms with Gasteiger partial charge in [0.05, 0.1) is 19.2 Å². The number of nitrogens with two attached hydrogens (primary N) is 1. The lowest BCUT2D eigenvalue weighted by molar-refractivity contribution is -0.00150. The van der Waals surface area contributed by atoms with E-state index in [1.165, 1.54) is 0 Å². The number of nitrogens with one attached hydrogen (secondary N) is 1. The predicted molar refractivity (Wildman–Crippen MR) is 102 cm³/mol. The molecule has 1 amide bonds.